The summed E-state index contributed by atoms with van der Waals surface area (Å²) in [4.78, 5) is 24.3. The third kappa shape index (κ3) is 5.07. The Morgan fingerprint density at radius 2 is 1.66 bits per heavy atom. The van der Waals surface area contributed by atoms with Crippen LogP contribution in [0.1, 0.15) is 54.9 Å². The number of carbonyl (C=O) groups is 1. The number of aliphatic hydroxyl groups is 1. The van der Waals surface area contributed by atoms with E-state index in [1.807, 2.05) is 75.6 Å². The molecule has 1 aliphatic rings. The standard InChI is InChI=1S/C32H30N2O4/c1-21-8-12-23(13-9-21)30(31-28(35)16-32(2,3)17-29(31)36)27-20-33(19-24-6-4-5-7-26(24)27)18-22-10-14-25(15-11-22)34(37)38/h4-15,19-20,30H,16-18H2,1-3H3/p+1/t30-/m1/s1. The molecule has 0 aliphatic heterocycles. The Morgan fingerprint density at radius 1 is 0.974 bits per heavy atom. The molecule has 0 spiro atoms. The Labute approximate surface area is 222 Å². The number of ketones is 1. The number of nitrogens with zero attached hydrogens (tertiary/aromatic N) is 2. The molecular formula is C32H31N2O4+. The van der Waals surface area contributed by atoms with E-state index in [0.29, 0.717) is 25.0 Å². The van der Waals surface area contributed by atoms with Crippen LogP contribution >= 0.6 is 0 Å². The van der Waals surface area contributed by atoms with Crippen LogP contribution in [0.2, 0.25) is 0 Å². The number of carbonyl (C=O) groups excluding carboxylic acids is 1. The minimum atomic E-state index is -0.437. The Balaban J connectivity index is 1.70. The molecule has 1 aliphatic carbocycles. The summed E-state index contributed by atoms with van der Waals surface area (Å²) in [6, 6.07) is 22.8. The summed E-state index contributed by atoms with van der Waals surface area (Å²) in [5.74, 6) is -0.306. The molecule has 5 rings (SSSR count). The van der Waals surface area contributed by atoms with Gasteiger partial charge in [-0.15, -0.1) is 0 Å². The second-order valence-corrected chi connectivity index (χ2v) is 11.0. The van der Waals surface area contributed by atoms with Crippen molar-refractivity contribution in [3.8, 4) is 0 Å². The molecule has 0 saturated heterocycles. The fourth-order valence-electron chi connectivity index (χ4n) is 5.48. The highest BCUT2D eigenvalue weighted by atomic mass is 16.6. The highest BCUT2D eigenvalue weighted by molar-refractivity contribution is 6.00. The van der Waals surface area contributed by atoms with Crippen molar-refractivity contribution >= 4 is 22.2 Å². The fraction of sp³-hybridized carbons (Fsp3) is 0.250. The highest BCUT2D eigenvalue weighted by Crippen LogP contribution is 2.44. The van der Waals surface area contributed by atoms with Crippen LogP contribution in [0.3, 0.4) is 0 Å². The third-order valence-electron chi connectivity index (χ3n) is 7.30. The molecule has 1 atom stereocenters. The summed E-state index contributed by atoms with van der Waals surface area (Å²) >= 11 is 0. The Hall–Kier alpha value is -4.32. The molecule has 0 unspecified atom stereocenters. The maximum Gasteiger partial charge on any atom is 0.269 e. The van der Waals surface area contributed by atoms with Gasteiger partial charge in [0.15, 0.2) is 24.7 Å². The number of non-ortho nitro benzene ring substituents is 1. The Bertz CT molecular complexity index is 1570. The topological polar surface area (TPSA) is 84.3 Å². The van der Waals surface area contributed by atoms with E-state index < -0.39 is 10.8 Å². The number of pyridine rings is 1. The molecule has 6 nitrogen and oxygen atoms in total. The Kier molecular flexibility index (Phi) is 6.57. The zero-order valence-electron chi connectivity index (χ0n) is 21.8. The van der Waals surface area contributed by atoms with E-state index in [0.717, 1.165) is 33.0 Å². The van der Waals surface area contributed by atoms with Gasteiger partial charge in [0.2, 0.25) is 0 Å². The minimum Gasteiger partial charge on any atom is -0.512 e. The van der Waals surface area contributed by atoms with Gasteiger partial charge in [-0.1, -0.05) is 61.9 Å². The lowest BCUT2D eigenvalue weighted by Gasteiger charge is -2.33. The lowest BCUT2D eigenvalue weighted by atomic mass is 9.71. The highest BCUT2D eigenvalue weighted by Gasteiger charge is 2.38. The monoisotopic (exact) mass is 507 g/mol. The van der Waals surface area contributed by atoms with E-state index >= 15 is 0 Å². The lowest BCUT2D eigenvalue weighted by molar-refractivity contribution is -0.687. The average Bonchev–Trinajstić information content (AvgIpc) is 2.86. The van der Waals surface area contributed by atoms with Crippen LogP contribution in [0, 0.1) is 22.5 Å². The van der Waals surface area contributed by atoms with E-state index in [9.17, 15) is 20.0 Å². The fourth-order valence-corrected chi connectivity index (χ4v) is 5.48. The molecule has 1 heterocycles. The van der Waals surface area contributed by atoms with Gasteiger partial charge < -0.3 is 5.11 Å². The van der Waals surface area contributed by atoms with Crippen molar-refractivity contribution in [2.45, 2.75) is 46.1 Å². The number of aryl methyl sites for hydroxylation is 1. The van der Waals surface area contributed by atoms with Crippen molar-refractivity contribution in [3.05, 3.63) is 129 Å². The van der Waals surface area contributed by atoms with Crippen LogP contribution in [0.25, 0.3) is 10.8 Å². The minimum absolute atomic E-state index is 0.0285. The van der Waals surface area contributed by atoms with Gasteiger partial charge in [0.1, 0.15) is 5.76 Å². The summed E-state index contributed by atoms with van der Waals surface area (Å²) in [6.07, 6.45) is 4.92. The van der Waals surface area contributed by atoms with Crippen molar-refractivity contribution in [3.63, 3.8) is 0 Å². The molecule has 0 amide bonds. The summed E-state index contributed by atoms with van der Waals surface area (Å²) in [5, 5.41) is 24.4. The molecule has 1 aromatic heterocycles. The van der Waals surface area contributed by atoms with E-state index in [1.54, 1.807) is 12.1 Å². The molecule has 192 valence electrons. The number of hydrogen-bond acceptors (Lipinski definition) is 4. The van der Waals surface area contributed by atoms with Gasteiger partial charge in [0.05, 0.1) is 4.92 Å². The van der Waals surface area contributed by atoms with Gasteiger partial charge >= 0.3 is 0 Å². The second-order valence-electron chi connectivity index (χ2n) is 11.0. The summed E-state index contributed by atoms with van der Waals surface area (Å²) in [6.45, 7) is 6.55. The van der Waals surface area contributed by atoms with Crippen LogP contribution in [-0.4, -0.2) is 15.8 Å². The number of nitro benzene ring substituents is 1. The third-order valence-corrected chi connectivity index (χ3v) is 7.30. The number of Topliss-reactive ketones (excluding diaryl/α,β-unsaturated/α-hetero) is 1. The first-order chi connectivity index (χ1) is 18.1. The van der Waals surface area contributed by atoms with Crippen molar-refractivity contribution in [1.29, 1.82) is 0 Å². The SMILES string of the molecule is Cc1ccc([C@@H](C2=C(O)CC(C)(C)CC2=O)c2c[n+](Cc3ccc([N+](=O)[O-])cc3)cc3ccccc23)cc1. The quantitative estimate of drug-likeness (QED) is 0.178. The Morgan fingerprint density at radius 3 is 2.32 bits per heavy atom. The maximum absolute atomic E-state index is 13.6. The number of rotatable bonds is 6. The van der Waals surface area contributed by atoms with Crippen LogP contribution in [0.4, 0.5) is 5.69 Å². The van der Waals surface area contributed by atoms with Crippen molar-refractivity contribution in [1.82, 2.24) is 0 Å². The molecule has 4 aromatic rings. The summed E-state index contributed by atoms with van der Waals surface area (Å²) in [5.41, 5.74) is 4.15. The molecule has 1 N–H and O–H groups in total. The number of nitro groups is 1. The van der Waals surface area contributed by atoms with Crippen LogP contribution < -0.4 is 4.57 Å². The summed E-state index contributed by atoms with van der Waals surface area (Å²) < 4.78 is 2.05. The van der Waals surface area contributed by atoms with E-state index in [2.05, 4.69) is 10.6 Å². The molecule has 3 aromatic carbocycles. The van der Waals surface area contributed by atoms with Gasteiger partial charge in [-0.25, -0.2) is 0 Å². The molecule has 0 bridgehead atoms. The maximum atomic E-state index is 13.6. The van der Waals surface area contributed by atoms with E-state index in [4.69, 9.17) is 0 Å². The molecule has 38 heavy (non-hydrogen) atoms. The second kappa shape index (κ2) is 9.86. The van der Waals surface area contributed by atoms with Gasteiger partial charge in [0, 0.05) is 53.0 Å². The predicted octanol–water partition coefficient (Wildman–Crippen LogP) is 6.73. The molecular weight excluding hydrogens is 476 g/mol. The van der Waals surface area contributed by atoms with Gasteiger partial charge in [-0.3, -0.25) is 14.9 Å². The van der Waals surface area contributed by atoms with Gasteiger partial charge in [-0.05, 0) is 41.5 Å². The van der Waals surface area contributed by atoms with Crippen LogP contribution in [-0.2, 0) is 11.3 Å². The van der Waals surface area contributed by atoms with Crippen molar-refractivity contribution < 1.29 is 19.4 Å². The van der Waals surface area contributed by atoms with Crippen LogP contribution in [0.15, 0.2) is 96.5 Å². The zero-order chi connectivity index (χ0) is 27.0. The number of allylic oxidation sites excluding steroid dienone is 2. The molecule has 6 heteroatoms. The van der Waals surface area contributed by atoms with Crippen molar-refractivity contribution in [2.75, 3.05) is 0 Å². The smallest absolute Gasteiger partial charge is 0.269 e. The first-order valence-corrected chi connectivity index (χ1v) is 12.8. The van der Waals surface area contributed by atoms with Gasteiger partial charge in [-0.2, -0.15) is 4.57 Å². The number of benzene rings is 3. The van der Waals surface area contributed by atoms with E-state index in [1.165, 1.54) is 12.1 Å². The molecule has 0 saturated carbocycles. The number of hydrogen-bond donors (Lipinski definition) is 1. The molecule has 0 fully saturated rings. The first-order valence-electron chi connectivity index (χ1n) is 12.8. The normalized spacial score (nSPS) is 16.0. The van der Waals surface area contributed by atoms with E-state index in [-0.39, 0.29) is 22.6 Å². The zero-order valence-corrected chi connectivity index (χ0v) is 21.8. The van der Waals surface area contributed by atoms with Gasteiger partial charge in [0.25, 0.3) is 5.69 Å². The first kappa shape index (κ1) is 25.3. The van der Waals surface area contributed by atoms with Crippen molar-refractivity contribution in [2.24, 2.45) is 5.41 Å². The lowest BCUT2D eigenvalue weighted by Crippen LogP contribution is -2.35. The molecule has 0 radical (unpaired) electrons. The predicted molar refractivity (Wildman–Crippen MR) is 147 cm³/mol. The number of fused-ring (bicyclic) bond motifs is 1. The average molecular weight is 508 g/mol. The largest absolute Gasteiger partial charge is 0.512 e. The number of aliphatic hydroxyl groups excluding tert-OH is 1. The summed E-state index contributed by atoms with van der Waals surface area (Å²) in [7, 11) is 0. The number of aromatic nitrogens is 1. The van der Waals surface area contributed by atoms with Crippen LogP contribution in [0.5, 0.6) is 0 Å².